The number of hydrogen-bond donors (Lipinski definition) is 2. The van der Waals surface area contributed by atoms with Crippen LogP contribution in [0.5, 0.6) is 0 Å². The number of nitrogens with two attached hydrogens (primary N) is 1. The molecule has 0 saturated heterocycles. The normalized spacial score (nSPS) is 20.1. The van der Waals surface area contributed by atoms with Crippen LogP contribution >= 0.6 is 0 Å². The Bertz CT molecular complexity index is 188. The highest BCUT2D eigenvalue weighted by molar-refractivity contribution is 5.70. The molecule has 1 fully saturated rings. The molecule has 1 aliphatic carbocycles. The average Bonchev–Trinajstić information content (AvgIpc) is 2.25. The van der Waals surface area contributed by atoms with E-state index in [4.69, 9.17) is 5.73 Å². The minimum atomic E-state index is -0.598. The third kappa shape index (κ3) is 4.20. The van der Waals surface area contributed by atoms with Gasteiger partial charge in [-0.25, -0.2) is 0 Å². The Hall–Kier alpha value is -0.570. The smallest absolute Gasteiger partial charge is 0.306 e. The molecule has 1 saturated carbocycles. The molecule has 0 aromatic rings. The molecular weight excluding hydrogens is 190 g/mol. The predicted octanol–water partition coefficient (Wildman–Crippen LogP) is 2.40. The van der Waals surface area contributed by atoms with Crippen LogP contribution in [0.2, 0.25) is 0 Å². The summed E-state index contributed by atoms with van der Waals surface area (Å²) in [6.45, 7) is 0.678. The molecule has 0 aromatic heterocycles. The Morgan fingerprint density at radius 3 is 2.47 bits per heavy atom. The van der Waals surface area contributed by atoms with Gasteiger partial charge in [-0.05, 0) is 38.1 Å². The van der Waals surface area contributed by atoms with Crippen LogP contribution in [0.1, 0.15) is 51.4 Å². The van der Waals surface area contributed by atoms with E-state index >= 15 is 0 Å². The number of carbonyl (C=O) groups is 1. The summed E-state index contributed by atoms with van der Waals surface area (Å²) in [5.74, 6) is -0.287. The first-order valence-electron chi connectivity index (χ1n) is 6.18. The van der Waals surface area contributed by atoms with Crippen LogP contribution in [-0.4, -0.2) is 17.6 Å². The van der Waals surface area contributed by atoms with Gasteiger partial charge in [-0.1, -0.05) is 25.7 Å². The fraction of sp³-hybridized carbons (Fsp3) is 0.917. The van der Waals surface area contributed by atoms with Gasteiger partial charge in [0.1, 0.15) is 0 Å². The summed E-state index contributed by atoms with van der Waals surface area (Å²) >= 11 is 0. The molecule has 0 bridgehead atoms. The molecule has 88 valence electrons. The molecule has 15 heavy (non-hydrogen) atoms. The molecule has 1 atom stereocenters. The molecule has 0 aromatic carbocycles. The summed E-state index contributed by atoms with van der Waals surface area (Å²) in [6, 6.07) is 0. The molecule has 3 heteroatoms. The van der Waals surface area contributed by atoms with Gasteiger partial charge in [0.2, 0.25) is 0 Å². The van der Waals surface area contributed by atoms with E-state index in [0.717, 1.165) is 32.1 Å². The van der Waals surface area contributed by atoms with Crippen LogP contribution in [0.25, 0.3) is 0 Å². The van der Waals surface area contributed by atoms with Crippen molar-refractivity contribution in [3.63, 3.8) is 0 Å². The van der Waals surface area contributed by atoms with Crippen molar-refractivity contribution in [3.8, 4) is 0 Å². The lowest BCUT2D eigenvalue weighted by Gasteiger charge is -2.27. The monoisotopic (exact) mass is 213 g/mol. The van der Waals surface area contributed by atoms with Gasteiger partial charge in [0.25, 0.3) is 0 Å². The van der Waals surface area contributed by atoms with Crippen molar-refractivity contribution in [3.05, 3.63) is 0 Å². The first-order valence-corrected chi connectivity index (χ1v) is 6.18. The Kier molecular flexibility index (Phi) is 5.69. The van der Waals surface area contributed by atoms with Gasteiger partial charge in [0, 0.05) is 0 Å². The Balaban J connectivity index is 2.37. The molecule has 3 nitrogen and oxygen atoms in total. The molecule has 0 amide bonds. The van der Waals surface area contributed by atoms with Crippen molar-refractivity contribution in [2.75, 3.05) is 6.54 Å². The molecule has 0 heterocycles. The number of carboxylic acids is 1. The highest BCUT2D eigenvalue weighted by Crippen LogP contribution is 2.32. The highest BCUT2D eigenvalue weighted by Gasteiger charge is 2.28. The first kappa shape index (κ1) is 12.5. The summed E-state index contributed by atoms with van der Waals surface area (Å²) in [6.07, 6.45) is 8.67. The van der Waals surface area contributed by atoms with E-state index < -0.39 is 5.97 Å². The van der Waals surface area contributed by atoms with Gasteiger partial charge >= 0.3 is 5.97 Å². The van der Waals surface area contributed by atoms with E-state index in [9.17, 15) is 9.90 Å². The highest BCUT2D eigenvalue weighted by atomic mass is 16.4. The van der Waals surface area contributed by atoms with Gasteiger partial charge in [0.05, 0.1) is 5.92 Å². The molecule has 0 spiro atoms. The zero-order valence-electron chi connectivity index (χ0n) is 9.45. The van der Waals surface area contributed by atoms with Crippen molar-refractivity contribution < 1.29 is 9.90 Å². The second-order valence-electron chi connectivity index (χ2n) is 4.63. The third-order valence-corrected chi connectivity index (χ3v) is 3.51. The van der Waals surface area contributed by atoms with Crippen molar-refractivity contribution >= 4 is 5.97 Å². The van der Waals surface area contributed by atoms with E-state index in [1.54, 1.807) is 0 Å². The maximum absolute atomic E-state index is 11.2. The van der Waals surface area contributed by atoms with Gasteiger partial charge in [-0.3, -0.25) is 4.79 Å². The van der Waals surface area contributed by atoms with Crippen molar-refractivity contribution in [2.45, 2.75) is 51.4 Å². The fourth-order valence-electron chi connectivity index (χ4n) is 2.61. The maximum atomic E-state index is 11.2. The first-order chi connectivity index (χ1) is 7.25. The van der Waals surface area contributed by atoms with E-state index in [2.05, 4.69) is 0 Å². The number of aliphatic carboxylic acids is 1. The molecule has 3 N–H and O–H groups in total. The largest absolute Gasteiger partial charge is 0.481 e. The van der Waals surface area contributed by atoms with Crippen molar-refractivity contribution in [2.24, 2.45) is 17.6 Å². The molecule has 1 aliphatic rings. The van der Waals surface area contributed by atoms with Crippen LogP contribution < -0.4 is 5.73 Å². The number of rotatable bonds is 6. The fourth-order valence-corrected chi connectivity index (χ4v) is 2.61. The quantitative estimate of drug-likeness (QED) is 0.666. The van der Waals surface area contributed by atoms with Gasteiger partial charge in [0.15, 0.2) is 0 Å². The second kappa shape index (κ2) is 6.83. The van der Waals surface area contributed by atoms with Crippen LogP contribution in [0.4, 0.5) is 0 Å². The number of unbranched alkanes of at least 4 members (excludes halogenated alkanes) is 1. The van der Waals surface area contributed by atoms with Gasteiger partial charge in [-0.2, -0.15) is 0 Å². The summed E-state index contributed by atoms with van der Waals surface area (Å²) in [5.41, 5.74) is 5.42. The minimum absolute atomic E-state index is 0.114. The maximum Gasteiger partial charge on any atom is 0.306 e. The third-order valence-electron chi connectivity index (χ3n) is 3.51. The minimum Gasteiger partial charge on any atom is -0.481 e. The molecule has 0 radical (unpaired) electrons. The van der Waals surface area contributed by atoms with Gasteiger partial charge < -0.3 is 10.8 Å². The van der Waals surface area contributed by atoms with Crippen molar-refractivity contribution in [1.29, 1.82) is 0 Å². The SMILES string of the molecule is NCCCCC(C(=O)O)C1CCCCC1. The Morgan fingerprint density at radius 2 is 1.93 bits per heavy atom. The summed E-state index contributed by atoms with van der Waals surface area (Å²) in [4.78, 5) is 11.2. The number of hydrogen-bond acceptors (Lipinski definition) is 2. The second-order valence-corrected chi connectivity index (χ2v) is 4.63. The lowest BCUT2D eigenvalue weighted by molar-refractivity contribution is -0.144. The van der Waals surface area contributed by atoms with Crippen LogP contribution in [0.15, 0.2) is 0 Å². The topological polar surface area (TPSA) is 63.3 Å². The lowest BCUT2D eigenvalue weighted by atomic mass is 9.78. The molecule has 1 unspecified atom stereocenters. The molecular formula is C12H23NO2. The summed E-state index contributed by atoms with van der Waals surface area (Å²) < 4.78 is 0. The van der Waals surface area contributed by atoms with E-state index in [1.165, 1.54) is 19.3 Å². The summed E-state index contributed by atoms with van der Waals surface area (Å²) in [7, 11) is 0. The molecule has 0 aliphatic heterocycles. The van der Waals surface area contributed by atoms with E-state index in [1.807, 2.05) is 0 Å². The molecule has 1 rings (SSSR count). The van der Waals surface area contributed by atoms with Crippen LogP contribution in [-0.2, 0) is 4.79 Å². The Labute approximate surface area is 92.0 Å². The zero-order chi connectivity index (χ0) is 11.1. The average molecular weight is 213 g/mol. The predicted molar refractivity (Wildman–Crippen MR) is 60.6 cm³/mol. The zero-order valence-corrected chi connectivity index (χ0v) is 9.45. The Morgan fingerprint density at radius 1 is 1.27 bits per heavy atom. The number of carboxylic acid groups (broad SMARTS) is 1. The van der Waals surface area contributed by atoms with E-state index in [0.29, 0.717) is 12.5 Å². The standard InChI is InChI=1S/C12H23NO2/c13-9-5-4-8-11(12(14)15)10-6-2-1-3-7-10/h10-11H,1-9,13H2,(H,14,15). The van der Waals surface area contributed by atoms with E-state index in [-0.39, 0.29) is 5.92 Å². The summed E-state index contributed by atoms with van der Waals surface area (Å²) in [5, 5.41) is 9.19. The van der Waals surface area contributed by atoms with Crippen molar-refractivity contribution in [1.82, 2.24) is 0 Å². The lowest BCUT2D eigenvalue weighted by Crippen LogP contribution is -2.25. The van der Waals surface area contributed by atoms with Crippen LogP contribution in [0, 0.1) is 11.8 Å². The van der Waals surface area contributed by atoms with Crippen LogP contribution in [0.3, 0.4) is 0 Å². The van der Waals surface area contributed by atoms with Gasteiger partial charge in [-0.15, -0.1) is 0 Å².